The predicted octanol–water partition coefficient (Wildman–Crippen LogP) is 7.11. The van der Waals surface area contributed by atoms with Gasteiger partial charge >= 0.3 is 30.0 Å². The minimum Gasteiger partial charge on any atom is -0.493 e. The molecule has 71 heavy (non-hydrogen) atoms. The summed E-state index contributed by atoms with van der Waals surface area (Å²) in [5.74, 6) is -1.78. The van der Waals surface area contributed by atoms with Crippen molar-refractivity contribution < 1.29 is 52.4 Å². The molecule has 19 heteroatoms. The van der Waals surface area contributed by atoms with Gasteiger partial charge in [-0.25, -0.2) is 43.9 Å². The molecule has 5 heterocycles. The smallest absolute Gasteiger partial charge is 0.411 e. The number of allylic oxidation sites excluding steroid dienone is 3. The van der Waals surface area contributed by atoms with Gasteiger partial charge in [-0.05, 0) is 88.2 Å². The molecule has 0 atom stereocenters. The molecule has 0 spiro atoms. The summed E-state index contributed by atoms with van der Waals surface area (Å²) in [7, 11) is 5.17. The number of methoxy groups -OCH3 is 4. The maximum atomic E-state index is 12.5. The van der Waals surface area contributed by atoms with Gasteiger partial charge in [0.2, 0.25) is 0 Å². The monoisotopic (exact) mass is 970 g/mol. The number of hydrogen-bond donors (Lipinski definition) is 1. The molecule has 6 rings (SSSR count). The molecule has 5 aromatic rings. The zero-order chi connectivity index (χ0) is 50.9. The number of ether oxygens (including phenoxy) is 6. The summed E-state index contributed by atoms with van der Waals surface area (Å²) >= 11 is 0. The third kappa shape index (κ3) is 16.4. The Morgan fingerprint density at radius 1 is 0.521 bits per heavy atom. The van der Waals surface area contributed by atoms with Crippen molar-refractivity contribution in [1.82, 2.24) is 40.0 Å². The van der Waals surface area contributed by atoms with E-state index in [-0.39, 0.29) is 62.0 Å². The zero-order valence-electron chi connectivity index (χ0n) is 40.9. The van der Waals surface area contributed by atoms with Crippen LogP contribution in [0.1, 0.15) is 116 Å². The fourth-order valence-electron chi connectivity index (χ4n) is 7.45. The van der Waals surface area contributed by atoms with Gasteiger partial charge in [-0.1, -0.05) is 35.9 Å². The first-order valence-electron chi connectivity index (χ1n) is 22.7. The average Bonchev–Trinajstić information content (AvgIpc) is 3.35. The van der Waals surface area contributed by atoms with Crippen molar-refractivity contribution in [1.29, 1.82) is 0 Å². The molecule has 0 fully saturated rings. The topological polar surface area (TPSA) is 224 Å². The highest BCUT2D eigenvalue weighted by atomic mass is 16.6. The van der Waals surface area contributed by atoms with Crippen molar-refractivity contribution in [3.05, 3.63) is 165 Å². The minimum atomic E-state index is -0.617. The molecule has 5 aromatic heterocycles. The summed E-state index contributed by atoms with van der Waals surface area (Å²) < 4.78 is 31.7. The van der Waals surface area contributed by atoms with E-state index in [2.05, 4.69) is 25.3 Å². The van der Waals surface area contributed by atoms with E-state index in [4.69, 9.17) is 33.4 Å². The molecule has 0 radical (unpaired) electrons. The second-order valence-corrected chi connectivity index (χ2v) is 17.3. The lowest BCUT2D eigenvalue weighted by atomic mass is 10.0. The van der Waals surface area contributed by atoms with Gasteiger partial charge in [0.25, 0.3) is 0 Å². The van der Waals surface area contributed by atoms with Crippen LogP contribution in [0.4, 0.5) is 4.79 Å². The Hall–Kier alpha value is -7.90. The van der Waals surface area contributed by atoms with Crippen molar-refractivity contribution in [3.8, 4) is 5.75 Å². The molecule has 0 aliphatic heterocycles. The highest BCUT2D eigenvalue weighted by Crippen LogP contribution is 2.24. The first-order chi connectivity index (χ1) is 34.1. The van der Waals surface area contributed by atoms with Crippen LogP contribution in [0.25, 0.3) is 0 Å². The van der Waals surface area contributed by atoms with Crippen LogP contribution < -0.4 is 10.1 Å². The lowest BCUT2D eigenvalue weighted by Gasteiger charge is -2.24. The van der Waals surface area contributed by atoms with E-state index in [0.29, 0.717) is 65.8 Å². The Morgan fingerprint density at radius 3 is 1.24 bits per heavy atom. The number of hydrogen-bond acceptors (Lipinski definition) is 18. The number of nitrogens with one attached hydrogen (secondary N) is 1. The second-order valence-electron chi connectivity index (χ2n) is 17.3. The first kappa shape index (κ1) is 52.5. The molecular formula is C52H58N8O11. The van der Waals surface area contributed by atoms with Gasteiger partial charge < -0.3 is 28.4 Å². The number of esters is 4. The standard InChI is InChI=1S/C52H58N8O11/c1-52(2,3)71-51(65)58-35-22-20-34(21-23-35)24-25-70-42-26-40(32-59(28-36-12-8-16-43(54-36)47(61)66-4)29-37-13-9-17-44(55-37)48(62)67-5)53-41(27-42)33-60(30-38-14-10-18-45(56-38)49(63)68-6)31-39-15-11-19-46(57-39)50(64)69-7/h8-20,22,26-27H,21,23-25,28-33H2,1-7H3,(H,58,65). The molecule has 0 bridgehead atoms. The van der Waals surface area contributed by atoms with Gasteiger partial charge in [-0.2, -0.15) is 0 Å². The van der Waals surface area contributed by atoms with Gasteiger partial charge in [-0.3, -0.25) is 20.1 Å². The van der Waals surface area contributed by atoms with Gasteiger partial charge in [0.05, 0.1) is 69.2 Å². The fourth-order valence-corrected chi connectivity index (χ4v) is 7.45. The number of nitrogens with zero attached hydrogens (tertiary/aromatic N) is 7. The highest BCUT2D eigenvalue weighted by Gasteiger charge is 2.21. The highest BCUT2D eigenvalue weighted by molar-refractivity contribution is 5.88. The number of aromatic nitrogens is 5. The Kier molecular flexibility index (Phi) is 18.6. The maximum Gasteiger partial charge on any atom is 0.411 e. The zero-order valence-corrected chi connectivity index (χ0v) is 40.9. The van der Waals surface area contributed by atoms with Crippen molar-refractivity contribution in [2.45, 2.75) is 84.9 Å². The van der Waals surface area contributed by atoms with E-state index in [1.165, 1.54) is 28.4 Å². The normalized spacial score (nSPS) is 12.4. The van der Waals surface area contributed by atoms with Crippen LogP contribution in [0.3, 0.4) is 0 Å². The van der Waals surface area contributed by atoms with Crippen LogP contribution in [0.15, 0.2) is 108 Å². The van der Waals surface area contributed by atoms with Crippen LogP contribution in [-0.4, -0.2) is 105 Å². The third-order valence-electron chi connectivity index (χ3n) is 10.6. The van der Waals surface area contributed by atoms with Crippen LogP contribution in [0.5, 0.6) is 5.75 Å². The molecule has 372 valence electrons. The molecule has 1 aliphatic carbocycles. The van der Waals surface area contributed by atoms with Crippen LogP contribution in [0, 0.1) is 0 Å². The second kappa shape index (κ2) is 25.1. The first-order valence-corrected chi connectivity index (χ1v) is 22.7. The number of rotatable bonds is 21. The molecule has 0 unspecified atom stereocenters. The Balaban J connectivity index is 1.35. The van der Waals surface area contributed by atoms with E-state index < -0.39 is 35.6 Å². The van der Waals surface area contributed by atoms with Crippen molar-refractivity contribution >= 4 is 30.0 Å². The van der Waals surface area contributed by atoms with Gasteiger partial charge in [0.15, 0.2) is 0 Å². The average molecular weight is 971 g/mol. The summed E-state index contributed by atoms with van der Waals surface area (Å²) in [6.07, 6.45) is 5.32. The number of pyridine rings is 5. The molecule has 1 aliphatic rings. The summed E-state index contributed by atoms with van der Waals surface area (Å²) in [5, 5.41) is 2.83. The molecular weight excluding hydrogens is 913 g/mol. The van der Waals surface area contributed by atoms with E-state index in [9.17, 15) is 24.0 Å². The van der Waals surface area contributed by atoms with Gasteiger partial charge in [-0.15, -0.1) is 0 Å². The molecule has 19 nitrogen and oxygen atoms in total. The quantitative estimate of drug-likeness (QED) is 0.0571. The summed E-state index contributed by atoms with van der Waals surface area (Å²) in [5.41, 5.74) is 5.35. The Morgan fingerprint density at radius 2 is 0.901 bits per heavy atom. The lowest BCUT2D eigenvalue weighted by molar-refractivity contribution is 0.0539. The molecule has 0 saturated heterocycles. The van der Waals surface area contributed by atoms with Crippen molar-refractivity contribution in [2.75, 3.05) is 35.0 Å². The van der Waals surface area contributed by atoms with E-state index in [1.807, 2.05) is 54.9 Å². The van der Waals surface area contributed by atoms with Crippen molar-refractivity contribution in [3.63, 3.8) is 0 Å². The van der Waals surface area contributed by atoms with E-state index in [1.54, 1.807) is 72.8 Å². The van der Waals surface area contributed by atoms with Crippen molar-refractivity contribution in [2.24, 2.45) is 0 Å². The SMILES string of the molecule is COC(=O)c1cccc(CN(Cc2cc(OCCC3=CC=C(NC(=O)OC(C)(C)C)CC3)cc(CN(Cc3cccc(C(=O)OC)n3)Cc3cccc(C(=O)OC)n3)n2)Cc2cccc(C(=O)OC)n2)n1. The lowest BCUT2D eigenvalue weighted by Crippen LogP contribution is -2.32. The number of carbonyl (C=O) groups is 5. The summed E-state index contributed by atoms with van der Waals surface area (Å²) in [6.45, 7) is 7.17. The number of carbonyl (C=O) groups excluding carboxylic acids is 5. The maximum absolute atomic E-state index is 12.5. The predicted molar refractivity (Wildman–Crippen MR) is 257 cm³/mol. The molecule has 1 N–H and O–H groups in total. The molecule has 0 aromatic carbocycles. The molecule has 0 saturated carbocycles. The van der Waals surface area contributed by atoms with Crippen LogP contribution >= 0.6 is 0 Å². The van der Waals surface area contributed by atoms with Crippen LogP contribution in [0.2, 0.25) is 0 Å². The number of alkyl carbamates (subject to hydrolysis) is 1. The van der Waals surface area contributed by atoms with E-state index >= 15 is 0 Å². The summed E-state index contributed by atoms with van der Waals surface area (Å²) in [6, 6.07) is 24.1. The van der Waals surface area contributed by atoms with Crippen LogP contribution in [-0.2, 0) is 63.0 Å². The minimum absolute atomic E-state index is 0.143. The largest absolute Gasteiger partial charge is 0.493 e. The van der Waals surface area contributed by atoms with Gasteiger partial charge in [0, 0.05) is 63.5 Å². The number of amides is 1. The van der Waals surface area contributed by atoms with Gasteiger partial charge in [0.1, 0.15) is 34.1 Å². The Labute approximate surface area is 412 Å². The molecule has 1 amide bonds. The Bertz CT molecular complexity index is 2500. The fraction of sp³-hybridized carbons (Fsp3) is 0.346. The summed E-state index contributed by atoms with van der Waals surface area (Å²) in [4.78, 5) is 89.9. The van der Waals surface area contributed by atoms with E-state index in [0.717, 1.165) is 11.3 Å². The third-order valence-corrected chi connectivity index (χ3v) is 10.6.